The molecule has 252 valence electrons. The van der Waals surface area contributed by atoms with E-state index < -0.39 is 34.2 Å². The fourth-order valence-electron chi connectivity index (χ4n) is 10.5. The summed E-state index contributed by atoms with van der Waals surface area (Å²) in [5.74, 6) is -0.365. The lowest BCUT2D eigenvalue weighted by molar-refractivity contribution is -0.196. The molecule has 0 aliphatic heterocycles. The van der Waals surface area contributed by atoms with Gasteiger partial charge in [0, 0.05) is 23.4 Å². The van der Waals surface area contributed by atoms with E-state index >= 15 is 0 Å². The number of esters is 1. The van der Waals surface area contributed by atoms with Gasteiger partial charge in [-0.15, -0.1) is 0 Å². The van der Waals surface area contributed by atoms with Gasteiger partial charge in [0.05, 0.1) is 23.7 Å². The molecule has 5 aliphatic rings. The normalized spacial score (nSPS) is 34.4. The summed E-state index contributed by atoms with van der Waals surface area (Å²) < 4.78 is 21.4. The highest BCUT2D eigenvalue weighted by atomic mass is 32.2. The number of amides is 1. The number of benzene rings is 1. The highest BCUT2D eigenvalue weighted by molar-refractivity contribution is 8.13. The smallest absolute Gasteiger partial charge is 0.306 e. The molecule has 7 rings (SSSR count). The monoisotopic (exact) mass is 663 g/mol. The number of allylic oxidation sites excluding steroid dienone is 1. The molecule has 0 saturated heterocycles. The summed E-state index contributed by atoms with van der Waals surface area (Å²) in [7, 11) is 0. The van der Waals surface area contributed by atoms with E-state index in [0.29, 0.717) is 36.6 Å². The van der Waals surface area contributed by atoms with Gasteiger partial charge < -0.3 is 15.2 Å². The first-order valence-corrected chi connectivity index (χ1v) is 18.4. The van der Waals surface area contributed by atoms with E-state index in [1.165, 1.54) is 5.57 Å². The second-order valence-corrected chi connectivity index (χ2v) is 15.9. The SMILES string of the molecule is CCC(=O)O[C@]1(C(=O)SCF)CC[C@H]2C3CCC4=Cc5c(cnn5-c5cccc(C(=O)NC6CCCC6)c5)C[C@]4(C)[C@H]3[C@@H](O)C[C@@]21C. The van der Waals surface area contributed by atoms with Gasteiger partial charge in [0.25, 0.3) is 5.91 Å². The summed E-state index contributed by atoms with van der Waals surface area (Å²) in [5, 5.41) is 19.6. The number of ether oxygens (including phenoxy) is 1. The highest BCUT2D eigenvalue weighted by Crippen LogP contribution is 2.69. The number of nitrogens with zero attached hydrogens (tertiary/aromatic N) is 2. The average Bonchev–Trinajstić information content (AvgIpc) is 3.78. The van der Waals surface area contributed by atoms with Crippen molar-refractivity contribution in [3.8, 4) is 5.69 Å². The van der Waals surface area contributed by atoms with Crippen LogP contribution < -0.4 is 5.32 Å². The number of carbonyl (C=O) groups excluding carboxylic acids is 3. The van der Waals surface area contributed by atoms with Crippen molar-refractivity contribution in [2.24, 2.45) is 28.6 Å². The van der Waals surface area contributed by atoms with Gasteiger partial charge in [-0.1, -0.05) is 45.3 Å². The zero-order valence-electron chi connectivity index (χ0n) is 27.6. The molecule has 1 aromatic heterocycles. The van der Waals surface area contributed by atoms with Crippen molar-refractivity contribution in [3.63, 3.8) is 0 Å². The lowest BCUT2D eigenvalue weighted by Gasteiger charge is -2.60. The van der Waals surface area contributed by atoms with E-state index in [1.54, 1.807) is 6.92 Å². The largest absolute Gasteiger partial charge is 0.449 e. The second kappa shape index (κ2) is 12.2. The highest BCUT2D eigenvalue weighted by Gasteiger charge is 2.70. The number of nitrogens with one attached hydrogen (secondary N) is 1. The standard InChI is InChI=1S/C37H46FN3O5S/c1-4-31(43)46-37(34(45)47-21-38)15-14-28-27-13-12-24-17-29-23(18-35(24,2)32(27)30(42)19-36(28,37)3)20-39-41(29)26-11-7-8-22(16-26)33(44)40-25-9-5-6-10-25/h7-8,11,16-17,20,25,27-28,30,32,42H,4-6,9-10,12-15,18-19,21H2,1-3H3,(H,40,44)/t27?,28-,30-,32+,35-,36-,37-/m0/s1. The minimum Gasteiger partial charge on any atom is -0.449 e. The molecule has 4 fully saturated rings. The second-order valence-electron chi connectivity index (χ2n) is 15.0. The molecule has 1 aromatic carbocycles. The Bertz CT molecular complexity index is 1620. The van der Waals surface area contributed by atoms with Crippen LogP contribution in [0, 0.1) is 28.6 Å². The molecule has 1 heterocycles. The van der Waals surface area contributed by atoms with Crippen LogP contribution in [0.5, 0.6) is 0 Å². The maximum Gasteiger partial charge on any atom is 0.306 e. The van der Waals surface area contributed by atoms with E-state index in [0.717, 1.165) is 61.9 Å². The predicted molar refractivity (Wildman–Crippen MR) is 178 cm³/mol. The summed E-state index contributed by atoms with van der Waals surface area (Å²) >= 11 is 0.579. The Kier molecular flexibility index (Phi) is 8.43. The van der Waals surface area contributed by atoms with Crippen LogP contribution in [-0.2, 0) is 20.7 Å². The molecule has 10 heteroatoms. The van der Waals surface area contributed by atoms with Crippen LogP contribution in [0.25, 0.3) is 11.8 Å². The van der Waals surface area contributed by atoms with E-state index in [1.807, 2.05) is 42.1 Å². The molecular weight excluding hydrogens is 617 g/mol. The van der Waals surface area contributed by atoms with Crippen LogP contribution in [0.1, 0.15) is 107 Å². The van der Waals surface area contributed by atoms with Crippen molar-refractivity contribution in [1.29, 1.82) is 0 Å². The summed E-state index contributed by atoms with van der Waals surface area (Å²) in [4.78, 5) is 39.3. The van der Waals surface area contributed by atoms with E-state index in [-0.39, 0.29) is 41.5 Å². The maximum absolute atomic E-state index is 13.6. The summed E-state index contributed by atoms with van der Waals surface area (Å²) in [5.41, 5.74) is 2.34. The molecule has 1 unspecified atom stereocenters. The molecule has 2 N–H and O–H groups in total. The molecule has 0 spiro atoms. The van der Waals surface area contributed by atoms with Gasteiger partial charge in [-0.05, 0) is 116 Å². The Balaban J connectivity index is 1.17. The quantitative estimate of drug-likeness (QED) is 0.322. The van der Waals surface area contributed by atoms with Crippen molar-refractivity contribution in [2.75, 3.05) is 6.01 Å². The lowest BCUT2D eigenvalue weighted by Crippen LogP contribution is -2.62. The van der Waals surface area contributed by atoms with Crippen LogP contribution in [-0.4, -0.2) is 55.6 Å². The third-order valence-corrected chi connectivity index (χ3v) is 13.4. The third-order valence-electron chi connectivity index (χ3n) is 12.7. The first-order chi connectivity index (χ1) is 22.5. The number of aliphatic hydroxyl groups excluding tert-OH is 1. The minimum absolute atomic E-state index is 0.0405. The van der Waals surface area contributed by atoms with Crippen LogP contribution in [0.4, 0.5) is 4.39 Å². The van der Waals surface area contributed by atoms with Gasteiger partial charge in [0.15, 0.2) is 5.60 Å². The van der Waals surface area contributed by atoms with Gasteiger partial charge >= 0.3 is 5.97 Å². The van der Waals surface area contributed by atoms with Gasteiger partial charge in [-0.3, -0.25) is 14.4 Å². The van der Waals surface area contributed by atoms with Crippen molar-refractivity contribution in [3.05, 3.63) is 52.9 Å². The number of fused-ring (bicyclic) bond motifs is 6. The number of rotatable bonds is 7. The van der Waals surface area contributed by atoms with Crippen molar-refractivity contribution < 1.29 is 28.6 Å². The van der Waals surface area contributed by atoms with Gasteiger partial charge in [-0.2, -0.15) is 5.10 Å². The fourth-order valence-corrected chi connectivity index (χ4v) is 11.2. The number of alkyl halides is 1. The number of hydrogen-bond acceptors (Lipinski definition) is 7. The Morgan fingerprint density at radius 3 is 2.70 bits per heavy atom. The summed E-state index contributed by atoms with van der Waals surface area (Å²) in [6, 6.07) is 7.02. The first-order valence-electron chi connectivity index (χ1n) is 17.4. The zero-order chi connectivity index (χ0) is 33.1. The van der Waals surface area contributed by atoms with Crippen LogP contribution in [0.15, 0.2) is 36.0 Å². The molecule has 0 radical (unpaired) electrons. The van der Waals surface area contributed by atoms with Crippen LogP contribution >= 0.6 is 11.8 Å². The molecule has 4 saturated carbocycles. The Morgan fingerprint density at radius 1 is 1.17 bits per heavy atom. The molecule has 8 nitrogen and oxygen atoms in total. The van der Waals surface area contributed by atoms with Crippen LogP contribution in [0.2, 0.25) is 0 Å². The molecule has 1 amide bonds. The molecule has 7 atom stereocenters. The molecule has 0 bridgehead atoms. The molecule has 5 aliphatic carbocycles. The predicted octanol–water partition coefficient (Wildman–Crippen LogP) is 6.58. The van der Waals surface area contributed by atoms with Crippen molar-refractivity contribution in [2.45, 2.75) is 109 Å². The number of carbonyl (C=O) groups is 3. The lowest BCUT2D eigenvalue weighted by atomic mass is 9.45. The maximum atomic E-state index is 13.6. The Hall–Kier alpha value is -2.98. The Labute approximate surface area is 280 Å². The van der Waals surface area contributed by atoms with Gasteiger partial charge in [-0.25, -0.2) is 9.07 Å². The van der Waals surface area contributed by atoms with Crippen LogP contribution in [0.3, 0.4) is 0 Å². The van der Waals surface area contributed by atoms with Gasteiger partial charge in [0.1, 0.15) is 6.01 Å². The fraction of sp³-hybridized carbons (Fsp3) is 0.622. The number of hydrogen-bond donors (Lipinski definition) is 2. The van der Waals surface area contributed by atoms with Crippen molar-refractivity contribution in [1.82, 2.24) is 15.1 Å². The average molecular weight is 664 g/mol. The minimum atomic E-state index is -1.44. The third kappa shape index (κ3) is 5.11. The van der Waals surface area contributed by atoms with E-state index in [4.69, 9.17) is 9.84 Å². The Morgan fingerprint density at radius 2 is 1.96 bits per heavy atom. The number of aliphatic hydroxyl groups is 1. The van der Waals surface area contributed by atoms with Gasteiger partial charge in [0.2, 0.25) is 5.12 Å². The first kappa shape index (κ1) is 32.6. The van der Waals surface area contributed by atoms with E-state index in [2.05, 4.69) is 18.3 Å². The zero-order valence-corrected chi connectivity index (χ0v) is 28.4. The summed E-state index contributed by atoms with van der Waals surface area (Å²) in [6.07, 6.45) is 11.8. The van der Waals surface area contributed by atoms with Crippen molar-refractivity contribution >= 4 is 34.8 Å². The topological polar surface area (TPSA) is 111 Å². The number of aromatic nitrogens is 2. The molecule has 2 aromatic rings. The van der Waals surface area contributed by atoms with E-state index in [9.17, 15) is 23.9 Å². The molecular formula is C37H46FN3O5S. The molecule has 47 heavy (non-hydrogen) atoms. The number of thioether (sulfide) groups is 1. The summed E-state index contributed by atoms with van der Waals surface area (Å²) in [6.45, 7) is 5.95. The number of halogens is 1.